The van der Waals surface area contributed by atoms with Gasteiger partial charge < -0.3 is 10.6 Å². The molecule has 2 N–H and O–H groups in total. The van der Waals surface area contributed by atoms with E-state index in [0.717, 1.165) is 6.17 Å². The van der Waals surface area contributed by atoms with Crippen LogP contribution in [0.2, 0.25) is 19.6 Å². The monoisotopic (exact) mass is 248 g/mol. The van der Waals surface area contributed by atoms with Gasteiger partial charge in [0, 0.05) is 18.8 Å². The van der Waals surface area contributed by atoms with Crippen LogP contribution >= 0.6 is 12.6 Å². The maximum Gasteiger partial charge on any atom is 0.243 e. The predicted molar refractivity (Wildman–Crippen MR) is 67.8 cm³/mol. The van der Waals surface area contributed by atoms with Crippen LogP contribution in [-0.2, 0) is 9.59 Å². The molecular formula is C9H20N2O2SSi. The third kappa shape index (κ3) is 7.44. The molecule has 0 saturated carbocycles. The van der Waals surface area contributed by atoms with Crippen molar-refractivity contribution in [2.45, 2.75) is 32.6 Å². The van der Waals surface area contributed by atoms with Gasteiger partial charge in [0.15, 0.2) is 0 Å². The van der Waals surface area contributed by atoms with Crippen molar-refractivity contribution in [1.82, 2.24) is 10.6 Å². The lowest BCUT2D eigenvalue weighted by Crippen LogP contribution is -2.50. The number of amides is 2. The average molecular weight is 248 g/mol. The van der Waals surface area contributed by atoms with Crippen LogP contribution in [0.15, 0.2) is 0 Å². The molecule has 0 aliphatic rings. The Hall–Kier alpha value is -0.493. The fraction of sp³-hybridized carbons (Fsp3) is 0.778. The second kappa shape index (κ2) is 6.17. The van der Waals surface area contributed by atoms with Crippen LogP contribution < -0.4 is 10.6 Å². The van der Waals surface area contributed by atoms with Gasteiger partial charge in [0.25, 0.3) is 0 Å². The van der Waals surface area contributed by atoms with Gasteiger partial charge in [0.1, 0.15) is 6.04 Å². The number of nitrogens with one attached hydrogen (secondary N) is 2. The van der Waals surface area contributed by atoms with Gasteiger partial charge in [-0.15, -0.1) is 0 Å². The maximum atomic E-state index is 11.6. The number of rotatable bonds is 5. The largest absolute Gasteiger partial charge is 0.357 e. The summed E-state index contributed by atoms with van der Waals surface area (Å²) in [5.41, 5.74) is 0. The van der Waals surface area contributed by atoms with Crippen LogP contribution in [-0.4, -0.2) is 37.9 Å². The molecule has 0 bridgehead atoms. The molecule has 2 amide bonds. The Balaban J connectivity index is 4.11. The van der Waals surface area contributed by atoms with Crippen molar-refractivity contribution in [3.05, 3.63) is 0 Å². The van der Waals surface area contributed by atoms with Gasteiger partial charge in [-0.3, -0.25) is 9.59 Å². The molecule has 0 saturated heterocycles. The first-order valence-corrected chi connectivity index (χ1v) is 9.26. The Labute approximate surface area is 97.6 Å². The van der Waals surface area contributed by atoms with Gasteiger partial charge in [0.2, 0.25) is 11.8 Å². The molecule has 0 aromatic carbocycles. The summed E-state index contributed by atoms with van der Waals surface area (Å²) in [5, 5.41) is 5.39. The van der Waals surface area contributed by atoms with Crippen LogP contribution in [0.4, 0.5) is 0 Å². The van der Waals surface area contributed by atoms with E-state index in [0.29, 0.717) is 5.75 Å². The molecule has 0 aliphatic heterocycles. The first-order valence-electron chi connectivity index (χ1n) is 4.92. The number of carbonyl (C=O) groups excluding carboxylic acids is 2. The van der Waals surface area contributed by atoms with E-state index in [9.17, 15) is 9.59 Å². The minimum atomic E-state index is -1.29. The Bertz CT molecular complexity index is 241. The summed E-state index contributed by atoms with van der Waals surface area (Å²) < 4.78 is 0. The summed E-state index contributed by atoms with van der Waals surface area (Å²) in [4.78, 5) is 22.4. The number of carbonyl (C=O) groups is 2. The summed E-state index contributed by atoms with van der Waals surface area (Å²) in [6.07, 6.45) is 0.718. The van der Waals surface area contributed by atoms with Crippen LogP contribution in [0.25, 0.3) is 0 Å². The summed E-state index contributed by atoms with van der Waals surface area (Å²) in [6, 6.07) is -0.526. The van der Waals surface area contributed by atoms with Crippen molar-refractivity contribution in [3.63, 3.8) is 0 Å². The molecule has 88 valence electrons. The van der Waals surface area contributed by atoms with E-state index >= 15 is 0 Å². The quantitative estimate of drug-likeness (QED) is 0.488. The van der Waals surface area contributed by atoms with Gasteiger partial charge >= 0.3 is 0 Å². The Kier molecular flexibility index (Phi) is 5.97. The smallest absolute Gasteiger partial charge is 0.243 e. The molecular weight excluding hydrogens is 228 g/mol. The molecule has 0 aliphatic carbocycles. The van der Waals surface area contributed by atoms with Gasteiger partial charge in [-0.1, -0.05) is 19.6 Å². The second-order valence-corrected chi connectivity index (χ2v) is 10.6. The van der Waals surface area contributed by atoms with Gasteiger partial charge in [-0.2, -0.15) is 12.6 Å². The lowest BCUT2D eigenvalue weighted by Gasteiger charge is -2.20. The highest BCUT2D eigenvalue weighted by Crippen LogP contribution is 1.98. The third-order valence-corrected chi connectivity index (χ3v) is 3.27. The third-order valence-electron chi connectivity index (χ3n) is 1.67. The molecule has 15 heavy (non-hydrogen) atoms. The summed E-state index contributed by atoms with van der Waals surface area (Å²) in [7, 11) is -1.29. The number of hydrogen-bond acceptors (Lipinski definition) is 3. The maximum absolute atomic E-state index is 11.6. The molecule has 0 fully saturated rings. The normalized spacial score (nSPS) is 13.1. The summed E-state index contributed by atoms with van der Waals surface area (Å²) in [5.74, 6) is -0.0447. The van der Waals surface area contributed by atoms with Crippen molar-refractivity contribution in [2.24, 2.45) is 0 Å². The van der Waals surface area contributed by atoms with E-state index in [1.54, 1.807) is 0 Å². The lowest BCUT2D eigenvalue weighted by molar-refractivity contribution is -0.127. The fourth-order valence-electron chi connectivity index (χ4n) is 0.915. The standard InChI is InChI=1S/C9H20N2O2SSi/c1-7(12)11-8(5-14)9(13)10-6-15(2,3)4/h8,14H,5-6H2,1-4H3,(H,10,13)(H,11,12). The van der Waals surface area contributed by atoms with Crippen molar-refractivity contribution in [1.29, 1.82) is 0 Å². The zero-order valence-corrected chi connectivity index (χ0v) is 11.6. The molecule has 0 aromatic heterocycles. The highest BCUT2D eigenvalue weighted by molar-refractivity contribution is 7.80. The van der Waals surface area contributed by atoms with E-state index in [-0.39, 0.29) is 11.8 Å². The van der Waals surface area contributed by atoms with Crippen LogP contribution in [0, 0.1) is 0 Å². The lowest BCUT2D eigenvalue weighted by atomic mass is 10.3. The van der Waals surface area contributed by atoms with Crippen molar-refractivity contribution in [2.75, 3.05) is 11.9 Å². The minimum absolute atomic E-state index is 0.150. The molecule has 0 spiro atoms. The molecule has 1 unspecified atom stereocenters. The molecule has 1 atom stereocenters. The van der Waals surface area contributed by atoms with Crippen LogP contribution in [0.1, 0.15) is 6.92 Å². The van der Waals surface area contributed by atoms with Crippen LogP contribution in [0.5, 0.6) is 0 Å². The van der Waals surface area contributed by atoms with E-state index in [1.807, 2.05) is 0 Å². The van der Waals surface area contributed by atoms with Gasteiger partial charge in [-0.25, -0.2) is 0 Å². The zero-order chi connectivity index (χ0) is 12.1. The predicted octanol–water partition coefficient (Wildman–Crippen LogP) is 0.414. The van der Waals surface area contributed by atoms with E-state index in [4.69, 9.17) is 0 Å². The molecule has 0 rings (SSSR count). The molecule has 0 aromatic rings. The fourth-order valence-corrected chi connectivity index (χ4v) is 1.88. The molecule has 0 heterocycles. The number of thiol groups is 1. The average Bonchev–Trinajstić information content (AvgIpc) is 2.08. The Morgan fingerprint density at radius 3 is 2.20 bits per heavy atom. The SMILES string of the molecule is CC(=O)NC(CS)C(=O)NC[Si](C)(C)C. The van der Waals surface area contributed by atoms with Crippen molar-refractivity contribution >= 4 is 32.5 Å². The molecule has 4 nitrogen and oxygen atoms in total. The molecule has 6 heteroatoms. The Morgan fingerprint density at radius 2 is 1.87 bits per heavy atom. The topological polar surface area (TPSA) is 58.2 Å². The summed E-state index contributed by atoms with van der Waals surface area (Å²) >= 11 is 4.03. The van der Waals surface area contributed by atoms with Gasteiger partial charge in [-0.05, 0) is 0 Å². The molecule has 0 radical (unpaired) electrons. The zero-order valence-electron chi connectivity index (χ0n) is 9.76. The minimum Gasteiger partial charge on any atom is -0.357 e. The van der Waals surface area contributed by atoms with E-state index < -0.39 is 14.1 Å². The van der Waals surface area contributed by atoms with Crippen LogP contribution in [0.3, 0.4) is 0 Å². The highest BCUT2D eigenvalue weighted by atomic mass is 32.1. The van der Waals surface area contributed by atoms with Gasteiger partial charge in [0.05, 0.1) is 8.07 Å². The highest BCUT2D eigenvalue weighted by Gasteiger charge is 2.20. The second-order valence-electron chi connectivity index (χ2n) is 4.71. The van der Waals surface area contributed by atoms with Crippen molar-refractivity contribution < 1.29 is 9.59 Å². The summed E-state index contributed by atoms with van der Waals surface area (Å²) in [6.45, 7) is 7.90. The first-order chi connectivity index (χ1) is 6.76. The van der Waals surface area contributed by atoms with E-state index in [1.165, 1.54) is 6.92 Å². The first kappa shape index (κ1) is 14.5. The van der Waals surface area contributed by atoms with E-state index in [2.05, 4.69) is 42.9 Å². The number of hydrogen-bond donors (Lipinski definition) is 3. The van der Waals surface area contributed by atoms with Crippen molar-refractivity contribution in [3.8, 4) is 0 Å². The Morgan fingerprint density at radius 1 is 1.33 bits per heavy atom.